The van der Waals surface area contributed by atoms with Crippen LogP contribution in [0.3, 0.4) is 0 Å². The fraction of sp³-hybridized carbons (Fsp3) is 0.383. The van der Waals surface area contributed by atoms with Gasteiger partial charge in [-0.1, -0.05) is 36.4 Å². The van der Waals surface area contributed by atoms with Crippen molar-refractivity contribution < 1.29 is 39.0 Å². The highest BCUT2D eigenvalue weighted by Crippen LogP contribution is 2.47. The van der Waals surface area contributed by atoms with Crippen LogP contribution in [0.1, 0.15) is 59.5 Å². The summed E-state index contributed by atoms with van der Waals surface area (Å²) in [5.74, 6) is 2.00. The molecule has 15 heteroatoms. The average molecular weight is 858 g/mol. The van der Waals surface area contributed by atoms with E-state index in [-0.39, 0.29) is 29.9 Å². The van der Waals surface area contributed by atoms with Crippen LogP contribution in [0.2, 0.25) is 0 Å². The number of carbonyl (C=O) groups is 3. The van der Waals surface area contributed by atoms with Gasteiger partial charge in [0.05, 0.1) is 4.88 Å². The molecule has 0 spiro atoms. The third kappa shape index (κ3) is 9.38. The van der Waals surface area contributed by atoms with E-state index >= 15 is 0 Å². The van der Waals surface area contributed by atoms with E-state index in [0.29, 0.717) is 48.0 Å². The second-order valence-electron chi connectivity index (χ2n) is 16.8. The standard InChI is InChI=1S/C47H52BN5O8S/c54-36-7-13-40-42(29-36)62-45(32-2-5-35(6-3-32)48(58)59)44(40)61-38-10-8-37(9-11-38)60-27-26-52-24-22-51(23-25-52)19-1-18-50-20-16-31(17-21-50)33-4-12-39-34(28-33)30-53(47(39)57)41-14-15-43(55)49-46(41)56/h2-13,28-29,31,41,54,58-59H,1,14-27,30H2,(H,49,55,56). The number of piperazine rings is 1. The Labute approximate surface area is 365 Å². The van der Waals surface area contributed by atoms with Gasteiger partial charge < -0.3 is 39.3 Å². The molecule has 4 aliphatic heterocycles. The van der Waals surface area contributed by atoms with Crippen molar-refractivity contribution in [3.05, 3.63) is 102 Å². The maximum Gasteiger partial charge on any atom is 0.488 e. The molecule has 9 rings (SSSR count). The summed E-state index contributed by atoms with van der Waals surface area (Å²) in [6.45, 7) is 10.4. The number of rotatable bonds is 14. The number of phenols is 1. The maximum absolute atomic E-state index is 13.1. The predicted molar refractivity (Wildman–Crippen MR) is 239 cm³/mol. The maximum atomic E-state index is 13.1. The largest absolute Gasteiger partial charge is 0.508 e. The minimum atomic E-state index is -1.54. The van der Waals surface area contributed by atoms with Crippen LogP contribution in [-0.2, 0) is 16.1 Å². The lowest BCUT2D eigenvalue weighted by atomic mass is 9.80. The predicted octanol–water partition coefficient (Wildman–Crippen LogP) is 4.77. The van der Waals surface area contributed by atoms with Crippen molar-refractivity contribution >= 4 is 51.7 Å². The van der Waals surface area contributed by atoms with Gasteiger partial charge in [0, 0.05) is 61.3 Å². The number of carbonyl (C=O) groups excluding carboxylic acids is 3. The topological polar surface area (TPSA) is 155 Å². The van der Waals surface area contributed by atoms with Gasteiger partial charge in [0.1, 0.15) is 29.9 Å². The molecule has 0 aliphatic carbocycles. The van der Waals surface area contributed by atoms with E-state index < -0.39 is 13.2 Å². The zero-order valence-corrected chi connectivity index (χ0v) is 35.5. The normalized spacial score (nSPS) is 19.2. The molecule has 0 radical (unpaired) electrons. The molecule has 0 bridgehead atoms. The first kappa shape index (κ1) is 42.0. The van der Waals surface area contributed by atoms with E-state index in [1.165, 1.54) is 16.9 Å². The highest BCUT2D eigenvalue weighted by molar-refractivity contribution is 7.22. The first-order chi connectivity index (χ1) is 30.1. The Morgan fingerprint density at radius 3 is 2.16 bits per heavy atom. The third-order valence-electron chi connectivity index (χ3n) is 12.8. The van der Waals surface area contributed by atoms with E-state index in [9.17, 15) is 29.5 Å². The SMILES string of the molecule is O=C1CCC(N2Cc3cc(C4CCN(CCCN5CCN(CCOc6ccc(Oc7c(-c8ccc(B(O)O)cc8)sc8cc(O)ccc78)cc6)CC5)CC4)ccc3C2=O)C(=O)N1. The van der Waals surface area contributed by atoms with Crippen LogP contribution in [0.15, 0.2) is 84.9 Å². The van der Waals surface area contributed by atoms with Gasteiger partial charge in [-0.25, -0.2) is 0 Å². The molecule has 322 valence electrons. The van der Waals surface area contributed by atoms with E-state index in [4.69, 9.17) is 9.47 Å². The summed E-state index contributed by atoms with van der Waals surface area (Å²) in [6, 6.07) is 25.5. The third-order valence-corrected chi connectivity index (χ3v) is 14.0. The van der Waals surface area contributed by atoms with Gasteiger partial charge in [0.25, 0.3) is 5.91 Å². The first-order valence-electron chi connectivity index (χ1n) is 21.7. The van der Waals surface area contributed by atoms with Crippen LogP contribution in [0.4, 0.5) is 0 Å². The van der Waals surface area contributed by atoms with Crippen molar-refractivity contribution in [1.29, 1.82) is 0 Å². The molecule has 5 aromatic rings. The van der Waals surface area contributed by atoms with Crippen molar-refractivity contribution in [2.75, 3.05) is 65.5 Å². The monoisotopic (exact) mass is 857 g/mol. The number of ether oxygens (including phenoxy) is 2. The summed E-state index contributed by atoms with van der Waals surface area (Å²) in [5.41, 5.74) is 4.22. The molecule has 0 saturated carbocycles. The quantitative estimate of drug-likeness (QED) is 0.0902. The lowest BCUT2D eigenvalue weighted by Crippen LogP contribution is -2.52. The molecule has 4 aliphatic rings. The number of hydrogen-bond donors (Lipinski definition) is 4. The number of imide groups is 1. The van der Waals surface area contributed by atoms with Crippen molar-refractivity contribution in [3.63, 3.8) is 0 Å². The molecular weight excluding hydrogens is 805 g/mol. The van der Waals surface area contributed by atoms with Crippen molar-refractivity contribution in [2.24, 2.45) is 0 Å². The van der Waals surface area contributed by atoms with Crippen molar-refractivity contribution in [3.8, 4) is 33.4 Å². The fourth-order valence-corrected chi connectivity index (χ4v) is 10.4. The van der Waals surface area contributed by atoms with Crippen molar-refractivity contribution in [2.45, 2.75) is 50.6 Å². The molecule has 4 aromatic carbocycles. The number of aromatic hydroxyl groups is 1. The Balaban J connectivity index is 0.677. The Hall–Kier alpha value is -5.29. The lowest BCUT2D eigenvalue weighted by molar-refractivity contribution is -0.136. The minimum Gasteiger partial charge on any atom is -0.508 e. The molecule has 1 atom stereocenters. The number of nitrogens with one attached hydrogen (secondary N) is 1. The summed E-state index contributed by atoms with van der Waals surface area (Å²) in [5, 5.41) is 32.5. The molecule has 1 unspecified atom stereocenters. The second-order valence-corrected chi connectivity index (χ2v) is 17.9. The average Bonchev–Trinajstić information content (AvgIpc) is 3.80. The Morgan fingerprint density at radius 2 is 1.45 bits per heavy atom. The summed E-state index contributed by atoms with van der Waals surface area (Å²) in [4.78, 5) is 47.3. The van der Waals surface area contributed by atoms with Gasteiger partial charge in [-0.05, 0) is 128 Å². The number of hydrogen-bond acceptors (Lipinski definition) is 12. The first-order valence-corrected chi connectivity index (χ1v) is 22.5. The van der Waals surface area contributed by atoms with Crippen LogP contribution in [0, 0.1) is 0 Å². The molecule has 3 fully saturated rings. The number of thiophene rings is 1. The van der Waals surface area contributed by atoms with Gasteiger partial charge in [0.15, 0.2) is 5.75 Å². The second kappa shape index (κ2) is 18.6. The summed E-state index contributed by atoms with van der Waals surface area (Å²) >= 11 is 1.50. The highest BCUT2D eigenvalue weighted by atomic mass is 32.1. The molecule has 1 aromatic heterocycles. The Bertz CT molecular complexity index is 2410. The number of nitrogens with zero attached hydrogens (tertiary/aromatic N) is 4. The molecule has 4 N–H and O–H groups in total. The number of phenolic OH excluding ortho intramolecular Hbond substituents is 1. The number of likely N-dealkylation sites (tertiary alicyclic amines) is 1. The van der Waals surface area contributed by atoms with E-state index in [2.05, 4.69) is 32.1 Å². The Morgan fingerprint density at radius 1 is 0.758 bits per heavy atom. The van der Waals surface area contributed by atoms with Crippen molar-refractivity contribution in [1.82, 2.24) is 24.9 Å². The van der Waals surface area contributed by atoms with Gasteiger partial charge in [-0.3, -0.25) is 24.6 Å². The fourth-order valence-electron chi connectivity index (χ4n) is 9.27. The van der Waals surface area contributed by atoms with E-state index in [0.717, 1.165) is 110 Å². The van der Waals surface area contributed by atoms with Gasteiger partial charge in [-0.15, -0.1) is 11.3 Å². The van der Waals surface area contributed by atoms with E-state index in [1.54, 1.807) is 29.2 Å². The molecule has 3 amide bonds. The summed E-state index contributed by atoms with van der Waals surface area (Å²) < 4.78 is 13.5. The van der Waals surface area contributed by atoms with E-state index in [1.807, 2.05) is 48.5 Å². The zero-order chi connectivity index (χ0) is 42.7. The highest BCUT2D eigenvalue weighted by Gasteiger charge is 2.39. The lowest BCUT2D eigenvalue weighted by Gasteiger charge is -2.36. The number of amides is 3. The van der Waals surface area contributed by atoms with Gasteiger partial charge >= 0.3 is 7.12 Å². The van der Waals surface area contributed by atoms with Crippen LogP contribution >= 0.6 is 11.3 Å². The minimum absolute atomic E-state index is 0.116. The number of piperidine rings is 2. The van der Waals surface area contributed by atoms with Crippen LogP contribution in [-0.4, -0.2) is 131 Å². The number of fused-ring (bicyclic) bond motifs is 2. The smallest absolute Gasteiger partial charge is 0.488 e. The molecule has 62 heavy (non-hydrogen) atoms. The molecule has 3 saturated heterocycles. The van der Waals surface area contributed by atoms with Gasteiger partial charge in [0.2, 0.25) is 11.8 Å². The van der Waals surface area contributed by atoms with Gasteiger partial charge in [-0.2, -0.15) is 0 Å². The summed E-state index contributed by atoms with van der Waals surface area (Å²) in [7, 11) is -1.54. The molecule has 13 nitrogen and oxygen atoms in total. The molecule has 5 heterocycles. The Kier molecular flexibility index (Phi) is 12.6. The van der Waals surface area contributed by atoms with Crippen LogP contribution in [0.25, 0.3) is 20.5 Å². The zero-order valence-electron chi connectivity index (χ0n) is 34.7. The summed E-state index contributed by atoms with van der Waals surface area (Å²) in [6.07, 6.45) is 3.99. The van der Waals surface area contributed by atoms with Crippen LogP contribution < -0.4 is 20.3 Å². The number of benzene rings is 4. The molecular formula is C47H52BN5O8S. The van der Waals surface area contributed by atoms with Crippen LogP contribution in [0.5, 0.6) is 23.0 Å².